The van der Waals surface area contributed by atoms with Crippen LogP contribution in [0.5, 0.6) is 0 Å². The van der Waals surface area contributed by atoms with E-state index in [1.807, 2.05) is 24.1 Å². The third-order valence-corrected chi connectivity index (χ3v) is 4.67. The molecule has 5 nitrogen and oxygen atoms in total. The number of methoxy groups -OCH3 is 1. The third kappa shape index (κ3) is 3.44. The van der Waals surface area contributed by atoms with E-state index < -0.39 is 0 Å². The van der Waals surface area contributed by atoms with Gasteiger partial charge in [0.05, 0.1) is 24.0 Å². The Balaban J connectivity index is 1.72. The molecule has 1 aromatic heterocycles. The molecule has 0 radical (unpaired) electrons. The van der Waals surface area contributed by atoms with E-state index in [9.17, 15) is 4.79 Å². The number of hydrogen-bond donors (Lipinski definition) is 0. The molecule has 1 aliphatic heterocycles. The molecule has 0 N–H and O–H groups in total. The maximum Gasteiger partial charge on any atom is 0.283 e. The molecular weight excluding hydrogens is 288 g/mol. The highest BCUT2D eigenvalue weighted by atomic mass is 32.1. The molecule has 1 amide bonds. The predicted molar refractivity (Wildman–Crippen MR) is 80.8 cm³/mol. The van der Waals surface area contributed by atoms with Gasteiger partial charge in [0.2, 0.25) is 0 Å². The van der Waals surface area contributed by atoms with Crippen LogP contribution in [0.2, 0.25) is 0 Å². The molecule has 2 aliphatic rings. The van der Waals surface area contributed by atoms with Crippen LogP contribution in [0.25, 0.3) is 0 Å². The van der Waals surface area contributed by atoms with Crippen molar-refractivity contribution in [2.45, 2.75) is 44.3 Å². The molecule has 2 heterocycles. The second kappa shape index (κ2) is 5.66. The summed E-state index contributed by atoms with van der Waals surface area (Å²) in [5, 5.41) is 2.63. The van der Waals surface area contributed by atoms with Crippen molar-refractivity contribution in [3.8, 4) is 0 Å². The van der Waals surface area contributed by atoms with Gasteiger partial charge in [-0.05, 0) is 26.7 Å². The van der Waals surface area contributed by atoms with E-state index in [2.05, 4.69) is 4.98 Å². The van der Waals surface area contributed by atoms with Gasteiger partial charge in [0, 0.05) is 31.5 Å². The second-order valence-corrected chi connectivity index (χ2v) is 7.35. The summed E-state index contributed by atoms with van der Waals surface area (Å²) in [6.45, 7) is 5.66. The van der Waals surface area contributed by atoms with Crippen LogP contribution in [0.4, 0.5) is 0 Å². The van der Waals surface area contributed by atoms with Gasteiger partial charge in [0.25, 0.3) is 5.91 Å². The average Bonchev–Trinajstić information content (AvgIpc) is 3.14. The molecule has 1 atom stereocenters. The van der Waals surface area contributed by atoms with E-state index >= 15 is 0 Å². The second-order valence-electron chi connectivity index (χ2n) is 6.49. The molecule has 1 saturated heterocycles. The zero-order valence-corrected chi connectivity index (χ0v) is 13.6. The number of rotatable bonds is 4. The Morgan fingerprint density at radius 2 is 2.33 bits per heavy atom. The Morgan fingerprint density at radius 1 is 1.57 bits per heavy atom. The number of hydrogen-bond acceptors (Lipinski definition) is 5. The largest absolute Gasteiger partial charge is 0.382 e. The minimum Gasteiger partial charge on any atom is -0.382 e. The first-order valence-corrected chi connectivity index (χ1v) is 8.28. The van der Waals surface area contributed by atoms with Crippen molar-refractivity contribution in [3.63, 3.8) is 0 Å². The van der Waals surface area contributed by atoms with Gasteiger partial charge < -0.3 is 14.4 Å². The average molecular weight is 310 g/mol. The fourth-order valence-corrected chi connectivity index (χ4v) is 3.67. The number of thiazole rings is 1. The quantitative estimate of drug-likeness (QED) is 0.856. The summed E-state index contributed by atoms with van der Waals surface area (Å²) in [5.41, 5.74) is 0.734. The molecule has 1 aliphatic carbocycles. The van der Waals surface area contributed by atoms with Crippen molar-refractivity contribution >= 4 is 17.2 Å². The third-order valence-electron chi connectivity index (χ3n) is 3.82. The smallest absolute Gasteiger partial charge is 0.283 e. The number of carbonyl (C=O) groups excluding carboxylic acids is 1. The first kappa shape index (κ1) is 14.9. The molecule has 21 heavy (non-hydrogen) atoms. The van der Waals surface area contributed by atoms with Crippen molar-refractivity contribution in [1.82, 2.24) is 9.88 Å². The van der Waals surface area contributed by atoms with Gasteiger partial charge in [-0.2, -0.15) is 0 Å². The number of aromatic nitrogens is 1. The van der Waals surface area contributed by atoms with Crippen molar-refractivity contribution in [2.24, 2.45) is 0 Å². The molecule has 0 spiro atoms. The van der Waals surface area contributed by atoms with E-state index in [1.54, 1.807) is 7.11 Å². The Bertz CT molecular complexity index is 525. The number of nitrogens with zero attached hydrogens (tertiary/aromatic N) is 2. The normalized spacial score (nSPS) is 25.1. The zero-order valence-electron chi connectivity index (χ0n) is 12.8. The first-order chi connectivity index (χ1) is 9.98. The van der Waals surface area contributed by atoms with E-state index in [4.69, 9.17) is 9.47 Å². The molecule has 1 saturated carbocycles. The SMILES string of the molecule is COC[C@H]1CN(C(=O)c2nc(C3CC3)cs2)CC(C)(C)O1. The molecule has 3 rings (SSSR count). The standard InChI is InChI=1S/C15H22N2O3S/c1-15(2)9-17(6-11(20-15)7-19-3)14(18)13-16-12(8-21-13)10-4-5-10/h8,10-11H,4-7,9H2,1-3H3/t11-/m1/s1. The van der Waals surface area contributed by atoms with Crippen LogP contribution >= 0.6 is 11.3 Å². The highest BCUT2D eigenvalue weighted by Crippen LogP contribution is 2.40. The summed E-state index contributed by atoms with van der Waals surface area (Å²) in [5.74, 6) is 0.606. The van der Waals surface area contributed by atoms with Crippen LogP contribution in [0.1, 0.15) is 48.1 Å². The van der Waals surface area contributed by atoms with E-state index in [-0.39, 0.29) is 17.6 Å². The maximum absolute atomic E-state index is 12.7. The van der Waals surface area contributed by atoms with Crippen LogP contribution in [0, 0.1) is 0 Å². The van der Waals surface area contributed by atoms with Crippen molar-refractivity contribution in [1.29, 1.82) is 0 Å². The molecule has 116 valence electrons. The Morgan fingerprint density at radius 3 is 3.00 bits per heavy atom. The van der Waals surface area contributed by atoms with Crippen LogP contribution in [0.15, 0.2) is 5.38 Å². The first-order valence-electron chi connectivity index (χ1n) is 7.40. The van der Waals surface area contributed by atoms with Crippen molar-refractivity contribution in [2.75, 3.05) is 26.8 Å². The van der Waals surface area contributed by atoms with Gasteiger partial charge in [0.15, 0.2) is 5.01 Å². The molecule has 1 aromatic rings. The van der Waals surface area contributed by atoms with Crippen LogP contribution in [0.3, 0.4) is 0 Å². The summed E-state index contributed by atoms with van der Waals surface area (Å²) < 4.78 is 11.1. The molecular formula is C15H22N2O3S. The lowest BCUT2D eigenvalue weighted by Crippen LogP contribution is -2.55. The number of morpholine rings is 1. The molecule has 6 heteroatoms. The highest BCUT2D eigenvalue weighted by Gasteiger charge is 2.37. The minimum absolute atomic E-state index is 0.0179. The Hall–Kier alpha value is -0.980. The van der Waals surface area contributed by atoms with Gasteiger partial charge in [-0.1, -0.05) is 0 Å². The summed E-state index contributed by atoms with van der Waals surface area (Å²) in [7, 11) is 1.65. The van der Waals surface area contributed by atoms with Gasteiger partial charge in [-0.25, -0.2) is 4.98 Å². The van der Waals surface area contributed by atoms with E-state index in [1.165, 1.54) is 24.2 Å². The summed E-state index contributed by atoms with van der Waals surface area (Å²) in [4.78, 5) is 19.0. The van der Waals surface area contributed by atoms with Gasteiger partial charge >= 0.3 is 0 Å². The fraction of sp³-hybridized carbons (Fsp3) is 0.733. The van der Waals surface area contributed by atoms with Crippen LogP contribution in [-0.4, -0.2) is 54.3 Å². The molecule has 0 aromatic carbocycles. The van der Waals surface area contributed by atoms with Gasteiger partial charge in [-0.3, -0.25) is 4.79 Å². The lowest BCUT2D eigenvalue weighted by molar-refractivity contribution is -0.143. The minimum atomic E-state index is -0.353. The highest BCUT2D eigenvalue weighted by molar-refractivity contribution is 7.11. The fourth-order valence-electron chi connectivity index (χ4n) is 2.81. The van der Waals surface area contributed by atoms with Crippen molar-refractivity contribution in [3.05, 3.63) is 16.1 Å². The molecule has 0 bridgehead atoms. The van der Waals surface area contributed by atoms with E-state index in [0.717, 1.165) is 5.69 Å². The maximum atomic E-state index is 12.7. The van der Waals surface area contributed by atoms with E-state index in [0.29, 0.717) is 30.6 Å². The molecule has 2 fully saturated rings. The molecule has 0 unspecified atom stereocenters. The number of amides is 1. The topological polar surface area (TPSA) is 51.7 Å². The number of carbonyl (C=O) groups is 1. The van der Waals surface area contributed by atoms with Gasteiger partial charge in [0.1, 0.15) is 0 Å². The lowest BCUT2D eigenvalue weighted by Gasteiger charge is -2.42. The predicted octanol–water partition coefficient (Wildman–Crippen LogP) is 2.29. The Kier molecular flexibility index (Phi) is 4.03. The lowest BCUT2D eigenvalue weighted by atomic mass is 10.1. The summed E-state index contributed by atoms with van der Waals surface area (Å²) >= 11 is 1.46. The Labute approximate surface area is 129 Å². The monoisotopic (exact) mass is 310 g/mol. The van der Waals surface area contributed by atoms with Gasteiger partial charge in [-0.15, -0.1) is 11.3 Å². The van der Waals surface area contributed by atoms with Crippen LogP contribution in [-0.2, 0) is 9.47 Å². The summed E-state index contributed by atoms with van der Waals surface area (Å²) in [6.07, 6.45) is 2.33. The van der Waals surface area contributed by atoms with Crippen LogP contribution < -0.4 is 0 Å². The number of ether oxygens (including phenoxy) is 2. The summed E-state index contributed by atoms with van der Waals surface area (Å²) in [6, 6.07) is 0. The zero-order chi connectivity index (χ0) is 15.0. The van der Waals surface area contributed by atoms with Crippen molar-refractivity contribution < 1.29 is 14.3 Å².